The maximum absolute atomic E-state index is 12.9. The third kappa shape index (κ3) is 4.43. The number of nitrogen functional groups attached to an aromatic ring is 1. The van der Waals surface area contributed by atoms with Crippen LogP contribution < -0.4 is 16.4 Å². The SMILES string of the molecule is CCOC(=O)Cc1ccc(NC(=C2C(=O)Nc3ccc(N)cc32)c2ccccc2)cc1. The highest BCUT2D eigenvalue weighted by atomic mass is 16.5. The van der Waals surface area contributed by atoms with E-state index < -0.39 is 0 Å². The highest BCUT2D eigenvalue weighted by Crippen LogP contribution is 2.38. The molecule has 0 bridgehead atoms. The molecule has 1 amide bonds. The van der Waals surface area contributed by atoms with Gasteiger partial charge in [0, 0.05) is 22.6 Å². The van der Waals surface area contributed by atoms with Crippen molar-refractivity contribution in [3.8, 4) is 0 Å². The quantitative estimate of drug-likeness (QED) is 0.318. The zero-order chi connectivity index (χ0) is 21.8. The van der Waals surface area contributed by atoms with Gasteiger partial charge in [-0.05, 0) is 48.4 Å². The van der Waals surface area contributed by atoms with Crippen LogP contribution in [0.4, 0.5) is 17.1 Å². The molecule has 3 aromatic carbocycles. The lowest BCUT2D eigenvalue weighted by Crippen LogP contribution is -2.10. The van der Waals surface area contributed by atoms with Crippen molar-refractivity contribution in [2.75, 3.05) is 23.0 Å². The number of nitrogens with one attached hydrogen (secondary N) is 2. The Balaban J connectivity index is 1.72. The molecular formula is C25H23N3O3. The summed E-state index contributed by atoms with van der Waals surface area (Å²) in [5.74, 6) is -0.446. The molecule has 0 spiro atoms. The molecule has 1 aliphatic rings. The molecule has 156 valence electrons. The van der Waals surface area contributed by atoms with Crippen LogP contribution >= 0.6 is 0 Å². The summed E-state index contributed by atoms with van der Waals surface area (Å²) in [7, 11) is 0. The lowest BCUT2D eigenvalue weighted by molar-refractivity contribution is -0.142. The van der Waals surface area contributed by atoms with Gasteiger partial charge in [0.1, 0.15) is 0 Å². The summed E-state index contributed by atoms with van der Waals surface area (Å²) in [5, 5.41) is 6.31. The molecule has 4 N–H and O–H groups in total. The van der Waals surface area contributed by atoms with Gasteiger partial charge >= 0.3 is 5.97 Å². The van der Waals surface area contributed by atoms with Crippen LogP contribution in [0.5, 0.6) is 0 Å². The predicted molar refractivity (Wildman–Crippen MR) is 123 cm³/mol. The summed E-state index contributed by atoms with van der Waals surface area (Å²) in [4.78, 5) is 24.6. The number of amides is 1. The fourth-order valence-corrected chi connectivity index (χ4v) is 3.55. The van der Waals surface area contributed by atoms with Crippen molar-refractivity contribution in [2.45, 2.75) is 13.3 Å². The second-order valence-corrected chi connectivity index (χ2v) is 7.18. The van der Waals surface area contributed by atoms with E-state index in [0.717, 1.165) is 28.1 Å². The van der Waals surface area contributed by atoms with E-state index in [2.05, 4.69) is 10.6 Å². The molecule has 0 atom stereocenters. The molecule has 0 aromatic heterocycles. The number of ether oxygens (including phenoxy) is 1. The Kier molecular flexibility index (Phi) is 5.71. The number of anilines is 3. The van der Waals surface area contributed by atoms with Crippen molar-refractivity contribution >= 4 is 40.2 Å². The van der Waals surface area contributed by atoms with Crippen LogP contribution in [0, 0.1) is 0 Å². The normalized spacial score (nSPS) is 13.9. The highest BCUT2D eigenvalue weighted by Gasteiger charge is 2.28. The fraction of sp³-hybridized carbons (Fsp3) is 0.120. The van der Waals surface area contributed by atoms with Crippen LogP contribution in [0.15, 0.2) is 72.8 Å². The lowest BCUT2D eigenvalue weighted by Gasteiger charge is -2.15. The van der Waals surface area contributed by atoms with Crippen LogP contribution in [0.3, 0.4) is 0 Å². The van der Waals surface area contributed by atoms with Gasteiger partial charge < -0.3 is 21.1 Å². The van der Waals surface area contributed by atoms with Gasteiger partial charge in [0.05, 0.1) is 24.3 Å². The van der Waals surface area contributed by atoms with E-state index in [-0.39, 0.29) is 18.3 Å². The molecule has 31 heavy (non-hydrogen) atoms. The summed E-state index contributed by atoms with van der Waals surface area (Å²) in [6.45, 7) is 2.15. The molecule has 3 aromatic rings. The number of esters is 1. The van der Waals surface area contributed by atoms with Crippen LogP contribution in [0.1, 0.15) is 23.6 Å². The van der Waals surface area contributed by atoms with Crippen molar-refractivity contribution in [3.05, 3.63) is 89.5 Å². The Morgan fingerprint density at radius 1 is 1.03 bits per heavy atom. The average Bonchev–Trinajstić information content (AvgIpc) is 3.09. The molecule has 0 saturated heterocycles. The molecule has 1 aliphatic heterocycles. The summed E-state index contributed by atoms with van der Waals surface area (Å²) in [5.41, 5.74) is 11.8. The van der Waals surface area contributed by atoms with Gasteiger partial charge in [-0.25, -0.2) is 0 Å². The fourth-order valence-electron chi connectivity index (χ4n) is 3.55. The Hall–Kier alpha value is -4.06. The summed E-state index contributed by atoms with van der Waals surface area (Å²) in [6.07, 6.45) is 0.218. The van der Waals surface area contributed by atoms with Crippen molar-refractivity contribution in [2.24, 2.45) is 0 Å². The minimum absolute atomic E-state index is 0.189. The Labute approximate surface area is 180 Å². The Morgan fingerprint density at radius 3 is 2.48 bits per heavy atom. The molecule has 0 radical (unpaired) electrons. The number of carbonyl (C=O) groups is 2. The number of benzene rings is 3. The monoisotopic (exact) mass is 413 g/mol. The average molecular weight is 413 g/mol. The third-order valence-electron chi connectivity index (χ3n) is 4.98. The Bertz CT molecular complexity index is 1150. The zero-order valence-corrected chi connectivity index (χ0v) is 17.1. The molecule has 0 unspecified atom stereocenters. The number of rotatable bonds is 6. The topological polar surface area (TPSA) is 93.4 Å². The summed E-state index contributed by atoms with van der Waals surface area (Å²) < 4.78 is 5.00. The lowest BCUT2D eigenvalue weighted by atomic mass is 9.99. The van der Waals surface area contributed by atoms with E-state index in [9.17, 15) is 9.59 Å². The molecule has 4 rings (SSSR count). The molecule has 0 fully saturated rings. The Morgan fingerprint density at radius 2 is 1.77 bits per heavy atom. The predicted octanol–water partition coefficient (Wildman–Crippen LogP) is 4.31. The zero-order valence-electron chi connectivity index (χ0n) is 17.1. The molecule has 6 heteroatoms. The van der Waals surface area contributed by atoms with Crippen molar-refractivity contribution in [1.82, 2.24) is 0 Å². The molecule has 1 heterocycles. The minimum Gasteiger partial charge on any atom is -0.466 e. The minimum atomic E-state index is -0.257. The summed E-state index contributed by atoms with van der Waals surface area (Å²) >= 11 is 0. The van der Waals surface area contributed by atoms with Crippen LogP contribution in [-0.4, -0.2) is 18.5 Å². The first kappa shape index (κ1) is 20.2. The van der Waals surface area contributed by atoms with E-state index in [4.69, 9.17) is 10.5 Å². The van der Waals surface area contributed by atoms with Crippen LogP contribution in [-0.2, 0) is 20.7 Å². The smallest absolute Gasteiger partial charge is 0.310 e. The molecule has 0 saturated carbocycles. The van der Waals surface area contributed by atoms with E-state index in [1.807, 2.05) is 60.7 Å². The second kappa shape index (κ2) is 8.75. The van der Waals surface area contributed by atoms with Gasteiger partial charge in [-0.2, -0.15) is 0 Å². The first-order chi connectivity index (χ1) is 15.0. The van der Waals surface area contributed by atoms with Gasteiger partial charge in [-0.15, -0.1) is 0 Å². The van der Waals surface area contributed by atoms with Gasteiger partial charge in [0.15, 0.2) is 0 Å². The number of nitrogens with two attached hydrogens (primary N) is 1. The maximum atomic E-state index is 12.9. The highest BCUT2D eigenvalue weighted by molar-refractivity contribution is 6.37. The third-order valence-corrected chi connectivity index (χ3v) is 4.98. The number of hydrogen-bond acceptors (Lipinski definition) is 5. The molecule has 6 nitrogen and oxygen atoms in total. The van der Waals surface area contributed by atoms with Gasteiger partial charge in [0.2, 0.25) is 0 Å². The summed E-state index contributed by atoms with van der Waals surface area (Å²) in [6, 6.07) is 22.5. The maximum Gasteiger partial charge on any atom is 0.310 e. The number of carbonyl (C=O) groups excluding carboxylic acids is 2. The van der Waals surface area contributed by atoms with Crippen LogP contribution in [0.2, 0.25) is 0 Å². The first-order valence-corrected chi connectivity index (χ1v) is 10.1. The number of hydrogen-bond donors (Lipinski definition) is 3. The van der Waals surface area contributed by atoms with Gasteiger partial charge in [0.25, 0.3) is 5.91 Å². The molecular weight excluding hydrogens is 390 g/mol. The van der Waals surface area contributed by atoms with Gasteiger partial charge in [-0.3, -0.25) is 9.59 Å². The second-order valence-electron chi connectivity index (χ2n) is 7.18. The van der Waals surface area contributed by atoms with E-state index >= 15 is 0 Å². The van der Waals surface area contributed by atoms with E-state index in [0.29, 0.717) is 23.6 Å². The van der Waals surface area contributed by atoms with E-state index in [1.165, 1.54) is 0 Å². The van der Waals surface area contributed by atoms with Crippen molar-refractivity contribution < 1.29 is 14.3 Å². The van der Waals surface area contributed by atoms with Crippen molar-refractivity contribution in [1.29, 1.82) is 0 Å². The van der Waals surface area contributed by atoms with Crippen LogP contribution in [0.25, 0.3) is 11.3 Å². The van der Waals surface area contributed by atoms with Crippen molar-refractivity contribution in [3.63, 3.8) is 0 Å². The largest absolute Gasteiger partial charge is 0.466 e. The first-order valence-electron chi connectivity index (χ1n) is 10.1. The molecule has 0 aliphatic carbocycles. The van der Waals surface area contributed by atoms with Gasteiger partial charge in [-0.1, -0.05) is 42.5 Å². The standard InChI is InChI=1S/C25H23N3O3/c1-2-31-22(29)14-16-8-11-19(12-9-16)27-24(17-6-4-3-5-7-17)23-20-15-18(26)10-13-21(20)28-25(23)30/h3-13,15,27H,2,14,26H2,1H3,(H,28,30). The van der Waals surface area contributed by atoms with E-state index in [1.54, 1.807) is 19.1 Å². The number of fused-ring (bicyclic) bond motifs is 1.